The predicted molar refractivity (Wildman–Crippen MR) is 102 cm³/mol. The number of halogens is 1. The topological polar surface area (TPSA) is 87.1 Å². The van der Waals surface area contributed by atoms with Crippen LogP contribution in [0.2, 0.25) is 0 Å². The molecule has 4 rings (SSSR count). The van der Waals surface area contributed by atoms with Gasteiger partial charge in [0.15, 0.2) is 11.5 Å². The van der Waals surface area contributed by atoms with Crippen LogP contribution in [0.4, 0.5) is 5.82 Å². The first-order valence-electron chi connectivity index (χ1n) is 7.88. The molecule has 128 valence electrons. The molecule has 25 heavy (non-hydrogen) atoms. The third kappa shape index (κ3) is 3.24. The van der Waals surface area contributed by atoms with Gasteiger partial charge in [-0.25, -0.2) is 4.79 Å². The van der Waals surface area contributed by atoms with Crippen molar-refractivity contribution in [1.29, 1.82) is 0 Å². The molecule has 0 amide bonds. The maximum atomic E-state index is 11.5. The van der Waals surface area contributed by atoms with Crippen LogP contribution in [0, 0.1) is 0 Å². The molecule has 1 unspecified atom stereocenters. The number of rotatable bonds is 4. The molecule has 3 aromatic rings. The summed E-state index contributed by atoms with van der Waals surface area (Å²) in [7, 11) is 0. The standard InChI is InChI=1S/C17H15BrN4O2S/c18-10-3-1-9(2-4-10)13-7-12-15(25-13)14(17(23)24)21-22-16(12)20-11-5-6-19-8-11/h1-4,7,11,19H,5-6,8H2,(H,20,22)(H,23,24). The van der Waals surface area contributed by atoms with Crippen molar-refractivity contribution in [3.8, 4) is 10.4 Å². The number of aromatic carboxylic acids is 1. The largest absolute Gasteiger partial charge is 0.476 e. The van der Waals surface area contributed by atoms with Crippen molar-refractivity contribution in [3.63, 3.8) is 0 Å². The van der Waals surface area contributed by atoms with Crippen molar-refractivity contribution in [2.45, 2.75) is 12.5 Å². The minimum Gasteiger partial charge on any atom is -0.476 e. The Morgan fingerprint density at radius 3 is 2.80 bits per heavy atom. The summed E-state index contributed by atoms with van der Waals surface area (Å²) in [5.74, 6) is -0.413. The van der Waals surface area contributed by atoms with Gasteiger partial charge in [0.25, 0.3) is 0 Å². The maximum absolute atomic E-state index is 11.5. The summed E-state index contributed by atoms with van der Waals surface area (Å²) in [4.78, 5) is 12.5. The van der Waals surface area contributed by atoms with Crippen molar-refractivity contribution in [3.05, 3.63) is 40.5 Å². The average Bonchev–Trinajstić information content (AvgIpc) is 3.25. The first kappa shape index (κ1) is 16.4. The van der Waals surface area contributed by atoms with Gasteiger partial charge in [-0.05, 0) is 36.7 Å². The van der Waals surface area contributed by atoms with Crippen LogP contribution in [0.1, 0.15) is 16.9 Å². The molecule has 6 nitrogen and oxygen atoms in total. The van der Waals surface area contributed by atoms with Crippen LogP contribution in [-0.4, -0.2) is 40.4 Å². The molecule has 1 fully saturated rings. The molecule has 8 heteroatoms. The predicted octanol–water partition coefficient (Wildman–Crippen LogP) is 3.59. The van der Waals surface area contributed by atoms with E-state index in [2.05, 4.69) is 36.8 Å². The van der Waals surface area contributed by atoms with Gasteiger partial charge in [-0.15, -0.1) is 21.5 Å². The molecule has 0 aliphatic carbocycles. The Balaban J connectivity index is 1.82. The number of carboxylic acid groups (broad SMARTS) is 1. The highest BCUT2D eigenvalue weighted by molar-refractivity contribution is 9.10. The lowest BCUT2D eigenvalue weighted by molar-refractivity contribution is 0.0692. The van der Waals surface area contributed by atoms with E-state index in [0.717, 1.165) is 39.8 Å². The molecule has 1 aliphatic rings. The number of anilines is 1. The first-order valence-corrected chi connectivity index (χ1v) is 9.49. The second-order valence-corrected chi connectivity index (χ2v) is 7.86. The second-order valence-electron chi connectivity index (χ2n) is 5.90. The smallest absolute Gasteiger partial charge is 0.357 e. The summed E-state index contributed by atoms with van der Waals surface area (Å²) in [5, 5.41) is 25.0. The molecule has 0 radical (unpaired) electrons. The number of hydrogen-bond acceptors (Lipinski definition) is 6. The van der Waals surface area contributed by atoms with Gasteiger partial charge in [0.2, 0.25) is 0 Å². The van der Waals surface area contributed by atoms with Crippen molar-refractivity contribution in [2.24, 2.45) is 0 Å². The lowest BCUT2D eigenvalue weighted by Gasteiger charge is -2.12. The van der Waals surface area contributed by atoms with Gasteiger partial charge in [0, 0.05) is 27.3 Å². The highest BCUT2D eigenvalue weighted by atomic mass is 79.9. The number of fused-ring (bicyclic) bond motifs is 1. The van der Waals surface area contributed by atoms with Gasteiger partial charge in [-0.1, -0.05) is 28.1 Å². The number of hydrogen-bond donors (Lipinski definition) is 3. The first-order chi connectivity index (χ1) is 12.1. The van der Waals surface area contributed by atoms with E-state index < -0.39 is 5.97 Å². The van der Waals surface area contributed by atoms with E-state index in [9.17, 15) is 9.90 Å². The molecule has 1 atom stereocenters. The SMILES string of the molecule is O=C(O)c1nnc(NC2CCNC2)c2cc(-c3ccc(Br)cc3)sc12. The highest BCUT2D eigenvalue weighted by Crippen LogP contribution is 2.38. The Bertz CT molecular complexity index is 936. The van der Waals surface area contributed by atoms with Gasteiger partial charge < -0.3 is 15.7 Å². The minimum absolute atomic E-state index is 0.00143. The van der Waals surface area contributed by atoms with Crippen LogP contribution >= 0.6 is 27.3 Å². The van der Waals surface area contributed by atoms with E-state index in [1.165, 1.54) is 11.3 Å². The van der Waals surface area contributed by atoms with E-state index in [0.29, 0.717) is 10.5 Å². The van der Waals surface area contributed by atoms with Crippen LogP contribution in [-0.2, 0) is 0 Å². The molecule has 0 saturated carbocycles. The van der Waals surface area contributed by atoms with E-state index in [4.69, 9.17) is 0 Å². The Labute approximate surface area is 156 Å². The van der Waals surface area contributed by atoms with Gasteiger partial charge in [0.1, 0.15) is 0 Å². The number of benzene rings is 1. The average molecular weight is 419 g/mol. The third-order valence-corrected chi connectivity index (χ3v) is 5.90. The van der Waals surface area contributed by atoms with E-state index in [1.807, 2.05) is 30.3 Å². The van der Waals surface area contributed by atoms with Crippen molar-refractivity contribution in [1.82, 2.24) is 15.5 Å². The zero-order valence-electron chi connectivity index (χ0n) is 13.1. The van der Waals surface area contributed by atoms with Crippen molar-refractivity contribution in [2.75, 3.05) is 18.4 Å². The molecule has 3 N–H and O–H groups in total. The fraction of sp³-hybridized carbons (Fsp3) is 0.235. The van der Waals surface area contributed by atoms with Crippen LogP contribution in [0.5, 0.6) is 0 Å². The molecule has 1 aliphatic heterocycles. The highest BCUT2D eigenvalue weighted by Gasteiger charge is 2.21. The number of nitrogens with zero attached hydrogens (tertiary/aromatic N) is 2. The number of carboxylic acids is 1. The Morgan fingerprint density at radius 1 is 1.32 bits per heavy atom. The molecule has 3 heterocycles. The van der Waals surface area contributed by atoms with Crippen LogP contribution in [0.3, 0.4) is 0 Å². The van der Waals surface area contributed by atoms with Gasteiger partial charge in [0.05, 0.1) is 4.70 Å². The zero-order valence-corrected chi connectivity index (χ0v) is 15.5. The number of thiophene rings is 1. The quantitative estimate of drug-likeness (QED) is 0.599. The van der Waals surface area contributed by atoms with Crippen molar-refractivity contribution < 1.29 is 9.90 Å². The summed E-state index contributed by atoms with van der Waals surface area (Å²) in [6.07, 6.45) is 1.01. The fourth-order valence-electron chi connectivity index (χ4n) is 2.92. The van der Waals surface area contributed by atoms with Crippen LogP contribution in [0.15, 0.2) is 34.8 Å². The van der Waals surface area contributed by atoms with Gasteiger partial charge in [-0.2, -0.15) is 0 Å². The summed E-state index contributed by atoms with van der Waals surface area (Å²) >= 11 is 4.86. The Hall–Kier alpha value is -2.03. The summed E-state index contributed by atoms with van der Waals surface area (Å²) in [5.41, 5.74) is 1.03. The van der Waals surface area contributed by atoms with Crippen LogP contribution in [0.25, 0.3) is 20.5 Å². The lowest BCUT2D eigenvalue weighted by Crippen LogP contribution is -2.23. The molecule has 2 aromatic heterocycles. The fourth-order valence-corrected chi connectivity index (χ4v) is 4.32. The molecular formula is C17H15BrN4O2S. The van der Waals surface area contributed by atoms with E-state index in [1.54, 1.807) is 0 Å². The van der Waals surface area contributed by atoms with E-state index >= 15 is 0 Å². The molecule has 0 bridgehead atoms. The summed E-state index contributed by atoms with van der Waals surface area (Å²) < 4.78 is 1.65. The van der Waals surface area contributed by atoms with E-state index in [-0.39, 0.29) is 11.7 Å². The molecule has 1 saturated heterocycles. The number of nitrogens with one attached hydrogen (secondary N) is 2. The second kappa shape index (κ2) is 6.70. The zero-order chi connectivity index (χ0) is 17.4. The lowest BCUT2D eigenvalue weighted by atomic mass is 10.1. The van der Waals surface area contributed by atoms with Crippen molar-refractivity contribution >= 4 is 49.1 Å². The van der Waals surface area contributed by atoms with Crippen LogP contribution < -0.4 is 10.6 Å². The summed E-state index contributed by atoms with van der Waals surface area (Å²) in [6, 6.07) is 10.2. The molecule has 0 spiro atoms. The number of aromatic nitrogens is 2. The molecule has 1 aromatic carbocycles. The maximum Gasteiger partial charge on any atom is 0.357 e. The normalized spacial score (nSPS) is 17.1. The minimum atomic E-state index is -1.06. The summed E-state index contributed by atoms with van der Waals surface area (Å²) in [6.45, 7) is 1.84. The Morgan fingerprint density at radius 2 is 2.12 bits per heavy atom. The number of carbonyl (C=O) groups is 1. The third-order valence-electron chi connectivity index (χ3n) is 4.18. The van der Waals surface area contributed by atoms with Gasteiger partial charge in [-0.3, -0.25) is 0 Å². The monoisotopic (exact) mass is 418 g/mol. The Kier molecular flexibility index (Phi) is 4.41. The van der Waals surface area contributed by atoms with Gasteiger partial charge >= 0.3 is 5.97 Å². The molecular weight excluding hydrogens is 404 g/mol.